The van der Waals surface area contributed by atoms with E-state index in [1.807, 2.05) is 6.20 Å². The molecular weight excluding hydrogens is 234 g/mol. The second kappa shape index (κ2) is 6.05. The smallest absolute Gasteiger partial charge is 0.168 e. The summed E-state index contributed by atoms with van der Waals surface area (Å²) in [5.41, 5.74) is 3.14. The Balaban J connectivity index is 2.30. The van der Waals surface area contributed by atoms with Gasteiger partial charge in [-0.2, -0.15) is 0 Å². The molecule has 0 radical (unpaired) electrons. The van der Waals surface area contributed by atoms with Crippen LogP contribution in [0.3, 0.4) is 0 Å². The molecule has 2 rings (SSSR count). The first-order chi connectivity index (χ1) is 9.17. The number of fused-ring (bicyclic) bond motifs is 1. The lowest BCUT2D eigenvalue weighted by molar-refractivity contribution is 0.0910. The largest absolute Gasteiger partial charge is 0.360 e. The minimum atomic E-state index is 0.167. The molecule has 0 amide bonds. The maximum Gasteiger partial charge on any atom is 0.168 e. The minimum absolute atomic E-state index is 0.167. The van der Waals surface area contributed by atoms with Gasteiger partial charge in [0.1, 0.15) is 0 Å². The molecule has 1 atom stereocenters. The number of hydrogen-bond acceptors (Lipinski definition) is 1. The predicted molar refractivity (Wildman–Crippen MR) is 80.7 cm³/mol. The van der Waals surface area contributed by atoms with Crippen LogP contribution in [0.1, 0.15) is 55.5 Å². The maximum absolute atomic E-state index is 12.6. The summed E-state index contributed by atoms with van der Waals surface area (Å²) in [4.78, 5) is 15.8. The Morgan fingerprint density at radius 1 is 1.32 bits per heavy atom. The molecule has 0 aliphatic rings. The summed E-state index contributed by atoms with van der Waals surface area (Å²) in [6.07, 6.45) is 6.09. The van der Waals surface area contributed by atoms with Crippen LogP contribution >= 0.6 is 0 Å². The summed E-state index contributed by atoms with van der Waals surface area (Å²) in [6.45, 7) is 6.35. The first-order valence-electron chi connectivity index (χ1n) is 7.29. The number of Topliss-reactive ketones (excluding diaryl/α,β-unsaturated/α-hetero) is 1. The zero-order valence-corrected chi connectivity index (χ0v) is 12.1. The molecule has 2 aromatic rings. The first-order valence-corrected chi connectivity index (χ1v) is 7.29. The molecule has 0 bridgehead atoms. The van der Waals surface area contributed by atoms with E-state index in [4.69, 9.17) is 0 Å². The van der Waals surface area contributed by atoms with Gasteiger partial charge in [-0.15, -0.1) is 0 Å². The van der Waals surface area contributed by atoms with Crippen molar-refractivity contribution in [2.75, 3.05) is 0 Å². The van der Waals surface area contributed by atoms with Gasteiger partial charge < -0.3 is 4.98 Å². The van der Waals surface area contributed by atoms with Crippen molar-refractivity contribution in [3.05, 3.63) is 35.5 Å². The number of unbranched alkanes of at least 4 members (excludes halogenated alkanes) is 1. The molecule has 0 saturated carbocycles. The first kappa shape index (κ1) is 13.9. The number of hydrogen-bond donors (Lipinski definition) is 1. The molecule has 2 heteroatoms. The van der Waals surface area contributed by atoms with Crippen LogP contribution in [-0.2, 0) is 0 Å². The number of benzene rings is 1. The van der Waals surface area contributed by atoms with Crippen molar-refractivity contribution in [1.82, 2.24) is 4.98 Å². The number of nitrogens with one attached hydrogen (secondary N) is 1. The standard InChI is InChI=1S/C17H23NO/c1-4-6-7-13(5-2)17(19)15-11-18-16-10-12(3)8-9-14(15)16/h8-11,13,18H,4-7H2,1-3H3. The molecule has 102 valence electrons. The SMILES string of the molecule is CCCCC(CC)C(=O)c1c[nH]c2cc(C)ccc12. The van der Waals surface area contributed by atoms with Gasteiger partial charge in [-0.05, 0) is 31.4 Å². The van der Waals surface area contributed by atoms with Crippen molar-refractivity contribution in [1.29, 1.82) is 0 Å². The zero-order chi connectivity index (χ0) is 13.8. The number of ketones is 1. The fraction of sp³-hybridized carbons (Fsp3) is 0.471. The van der Waals surface area contributed by atoms with Crippen LogP contribution in [0.25, 0.3) is 10.9 Å². The van der Waals surface area contributed by atoms with Gasteiger partial charge in [-0.3, -0.25) is 4.79 Å². The Bertz CT molecular complexity index is 568. The van der Waals surface area contributed by atoms with Gasteiger partial charge in [-0.25, -0.2) is 0 Å². The third kappa shape index (κ3) is 2.89. The Labute approximate surface area is 115 Å². The number of rotatable bonds is 6. The molecule has 0 aliphatic carbocycles. The van der Waals surface area contributed by atoms with Gasteiger partial charge in [0.25, 0.3) is 0 Å². The molecule has 1 heterocycles. The van der Waals surface area contributed by atoms with Crippen molar-refractivity contribution in [3.63, 3.8) is 0 Å². The lowest BCUT2D eigenvalue weighted by atomic mass is 9.90. The molecule has 0 spiro atoms. The van der Waals surface area contributed by atoms with E-state index in [1.165, 1.54) is 5.56 Å². The average molecular weight is 257 g/mol. The van der Waals surface area contributed by atoms with Crippen LogP contribution in [0.15, 0.2) is 24.4 Å². The normalized spacial score (nSPS) is 12.8. The fourth-order valence-electron chi connectivity index (χ4n) is 2.63. The zero-order valence-electron chi connectivity index (χ0n) is 12.1. The number of aromatic amines is 1. The molecule has 1 aromatic carbocycles. The minimum Gasteiger partial charge on any atom is -0.360 e. The lowest BCUT2D eigenvalue weighted by Gasteiger charge is -2.12. The summed E-state index contributed by atoms with van der Waals surface area (Å²) in [6, 6.07) is 6.22. The Morgan fingerprint density at radius 3 is 2.79 bits per heavy atom. The fourth-order valence-corrected chi connectivity index (χ4v) is 2.63. The topological polar surface area (TPSA) is 32.9 Å². The Hall–Kier alpha value is -1.57. The molecule has 19 heavy (non-hydrogen) atoms. The summed E-state index contributed by atoms with van der Waals surface area (Å²) >= 11 is 0. The van der Waals surface area contributed by atoms with Crippen molar-refractivity contribution in [3.8, 4) is 0 Å². The molecule has 0 fully saturated rings. The van der Waals surface area contributed by atoms with Crippen molar-refractivity contribution in [2.45, 2.75) is 46.5 Å². The van der Waals surface area contributed by atoms with E-state index in [-0.39, 0.29) is 5.92 Å². The molecule has 0 aliphatic heterocycles. The van der Waals surface area contributed by atoms with E-state index >= 15 is 0 Å². The molecule has 1 unspecified atom stereocenters. The number of carbonyl (C=O) groups excluding carboxylic acids is 1. The van der Waals surface area contributed by atoms with E-state index in [9.17, 15) is 4.79 Å². The van der Waals surface area contributed by atoms with Gasteiger partial charge >= 0.3 is 0 Å². The highest BCUT2D eigenvalue weighted by Crippen LogP contribution is 2.25. The third-order valence-electron chi connectivity index (χ3n) is 3.87. The van der Waals surface area contributed by atoms with E-state index in [2.05, 4.69) is 44.0 Å². The van der Waals surface area contributed by atoms with E-state index in [0.29, 0.717) is 5.78 Å². The van der Waals surface area contributed by atoms with Crippen LogP contribution in [0.5, 0.6) is 0 Å². The molecule has 2 nitrogen and oxygen atoms in total. The van der Waals surface area contributed by atoms with Crippen molar-refractivity contribution < 1.29 is 4.79 Å². The number of aryl methyl sites for hydroxylation is 1. The number of aromatic nitrogens is 1. The highest BCUT2D eigenvalue weighted by molar-refractivity contribution is 6.08. The predicted octanol–water partition coefficient (Wildman–Crippen LogP) is 4.88. The molecule has 0 saturated heterocycles. The van der Waals surface area contributed by atoms with Gasteiger partial charge in [0, 0.05) is 28.6 Å². The second-order valence-electron chi connectivity index (χ2n) is 5.36. The molecule has 1 N–H and O–H groups in total. The van der Waals surface area contributed by atoms with Crippen LogP contribution in [0.2, 0.25) is 0 Å². The highest BCUT2D eigenvalue weighted by Gasteiger charge is 2.20. The average Bonchev–Trinajstić information content (AvgIpc) is 2.82. The number of H-pyrrole nitrogens is 1. The molecule has 1 aromatic heterocycles. The monoisotopic (exact) mass is 257 g/mol. The van der Waals surface area contributed by atoms with Gasteiger partial charge in [-0.1, -0.05) is 38.8 Å². The van der Waals surface area contributed by atoms with Crippen LogP contribution in [0, 0.1) is 12.8 Å². The quantitative estimate of drug-likeness (QED) is 0.735. The summed E-state index contributed by atoms with van der Waals surface area (Å²) < 4.78 is 0. The Kier molecular flexibility index (Phi) is 4.41. The highest BCUT2D eigenvalue weighted by atomic mass is 16.1. The van der Waals surface area contributed by atoms with Gasteiger partial charge in [0.05, 0.1) is 0 Å². The summed E-state index contributed by atoms with van der Waals surface area (Å²) in [7, 11) is 0. The maximum atomic E-state index is 12.6. The van der Waals surface area contributed by atoms with Crippen LogP contribution < -0.4 is 0 Å². The summed E-state index contributed by atoms with van der Waals surface area (Å²) in [5, 5.41) is 1.06. The number of carbonyl (C=O) groups is 1. The molecular formula is C17H23NO. The van der Waals surface area contributed by atoms with Gasteiger partial charge in [0.2, 0.25) is 0 Å². The van der Waals surface area contributed by atoms with Gasteiger partial charge in [0.15, 0.2) is 5.78 Å². The third-order valence-corrected chi connectivity index (χ3v) is 3.87. The lowest BCUT2D eigenvalue weighted by Crippen LogP contribution is -2.13. The van der Waals surface area contributed by atoms with E-state index in [1.54, 1.807) is 0 Å². The van der Waals surface area contributed by atoms with E-state index in [0.717, 1.165) is 42.1 Å². The summed E-state index contributed by atoms with van der Waals surface area (Å²) in [5.74, 6) is 0.464. The van der Waals surface area contributed by atoms with E-state index < -0.39 is 0 Å². The Morgan fingerprint density at radius 2 is 2.11 bits per heavy atom. The van der Waals surface area contributed by atoms with Crippen molar-refractivity contribution in [2.24, 2.45) is 5.92 Å². The van der Waals surface area contributed by atoms with Crippen LogP contribution in [0.4, 0.5) is 0 Å². The van der Waals surface area contributed by atoms with Crippen molar-refractivity contribution >= 4 is 16.7 Å². The van der Waals surface area contributed by atoms with Crippen LogP contribution in [-0.4, -0.2) is 10.8 Å². The second-order valence-corrected chi connectivity index (χ2v) is 5.36.